The van der Waals surface area contributed by atoms with Crippen molar-refractivity contribution in [2.24, 2.45) is 0 Å². The van der Waals surface area contributed by atoms with E-state index in [-0.39, 0.29) is 5.82 Å². The molecule has 0 fully saturated rings. The molecule has 0 aromatic heterocycles. The predicted molar refractivity (Wildman–Crippen MR) is 62.4 cm³/mol. The maximum absolute atomic E-state index is 12.8. The fourth-order valence-electron chi connectivity index (χ4n) is 1.52. The van der Waals surface area contributed by atoms with Gasteiger partial charge in [0.25, 0.3) is 0 Å². The molecule has 1 aromatic carbocycles. The molecule has 0 aliphatic rings. The van der Waals surface area contributed by atoms with Crippen LogP contribution in [0.15, 0.2) is 22.7 Å². The quantitative estimate of drug-likeness (QED) is 0.882. The van der Waals surface area contributed by atoms with Crippen molar-refractivity contribution < 1.29 is 9.50 Å². The highest BCUT2D eigenvalue weighted by atomic mass is 79.9. The van der Waals surface area contributed by atoms with Gasteiger partial charge in [0.15, 0.2) is 0 Å². The van der Waals surface area contributed by atoms with Gasteiger partial charge in [-0.25, -0.2) is 4.39 Å². The van der Waals surface area contributed by atoms with Crippen molar-refractivity contribution in [2.45, 2.75) is 18.9 Å². The Hall–Kier alpha value is -0.450. The molecule has 0 saturated heterocycles. The third-order valence-electron chi connectivity index (χ3n) is 2.14. The van der Waals surface area contributed by atoms with Crippen molar-refractivity contribution in [3.63, 3.8) is 0 Å². The van der Waals surface area contributed by atoms with Gasteiger partial charge in [-0.05, 0) is 31.7 Å². The minimum atomic E-state index is -0.824. The minimum Gasteiger partial charge on any atom is -0.389 e. The second-order valence-electron chi connectivity index (χ2n) is 3.94. The van der Waals surface area contributed by atoms with E-state index in [1.165, 1.54) is 12.1 Å². The van der Waals surface area contributed by atoms with E-state index in [1.54, 1.807) is 20.0 Å². The van der Waals surface area contributed by atoms with Crippen LogP contribution in [0.3, 0.4) is 0 Å². The van der Waals surface area contributed by atoms with Crippen LogP contribution in [0.1, 0.15) is 12.5 Å². The van der Waals surface area contributed by atoms with E-state index in [4.69, 9.17) is 0 Å². The Morgan fingerprint density at radius 3 is 2.73 bits per heavy atom. The zero-order chi connectivity index (χ0) is 11.5. The lowest BCUT2D eigenvalue weighted by Gasteiger charge is -2.23. The largest absolute Gasteiger partial charge is 0.389 e. The topological polar surface area (TPSA) is 32.3 Å². The number of hydrogen-bond donors (Lipinski definition) is 2. The molecule has 2 N–H and O–H groups in total. The monoisotopic (exact) mass is 275 g/mol. The van der Waals surface area contributed by atoms with Gasteiger partial charge in [0.05, 0.1) is 5.60 Å². The van der Waals surface area contributed by atoms with Gasteiger partial charge in [0.1, 0.15) is 5.82 Å². The van der Waals surface area contributed by atoms with Crippen LogP contribution in [0, 0.1) is 5.82 Å². The zero-order valence-corrected chi connectivity index (χ0v) is 10.4. The van der Waals surface area contributed by atoms with Crippen molar-refractivity contribution in [1.82, 2.24) is 5.32 Å². The summed E-state index contributed by atoms with van der Waals surface area (Å²) in [7, 11) is 1.79. The lowest BCUT2D eigenvalue weighted by atomic mass is 9.96. The number of rotatable bonds is 4. The number of benzene rings is 1. The van der Waals surface area contributed by atoms with E-state index in [9.17, 15) is 9.50 Å². The minimum absolute atomic E-state index is 0.279. The summed E-state index contributed by atoms with van der Waals surface area (Å²) in [6.45, 7) is 2.25. The number of nitrogens with one attached hydrogen (secondary N) is 1. The first-order chi connectivity index (χ1) is 6.94. The Morgan fingerprint density at radius 1 is 1.53 bits per heavy atom. The summed E-state index contributed by atoms with van der Waals surface area (Å²) >= 11 is 3.28. The van der Waals surface area contributed by atoms with Crippen LogP contribution in [0.25, 0.3) is 0 Å². The standard InChI is InChI=1S/C11H15BrFNO/c1-11(15,7-14-2)6-8-3-4-9(13)5-10(8)12/h3-5,14-15H,6-7H2,1-2H3. The third-order valence-corrected chi connectivity index (χ3v) is 2.88. The van der Waals surface area contributed by atoms with E-state index in [1.807, 2.05) is 0 Å². The van der Waals surface area contributed by atoms with Gasteiger partial charge in [0.2, 0.25) is 0 Å². The highest BCUT2D eigenvalue weighted by Crippen LogP contribution is 2.22. The Labute approximate surface area is 97.6 Å². The molecule has 0 aliphatic heterocycles. The maximum atomic E-state index is 12.8. The SMILES string of the molecule is CNCC(C)(O)Cc1ccc(F)cc1Br. The highest BCUT2D eigenvalue weighted by molar-refractivity contribution is 9.10. The second kappa shape index (κ2) is 5.05. The number of likely N-dealkylation sites (N-methyl/N-ethyl adjacent to an activating group) is 1. The number of hydrogen-bond acceptors (Lipinski definition) is 2. The van der Waals surface area contributed by atoms with Crippen molar-refractivity contribution in [3.05, 3.63) is 34.1 Å². The fraction of sp³-hybridized carbons (Fsp3) is 0.455. The van der Waals surface area contributed by atoms with Crippen LogP contribution in [0.2, 0.25) is 0 Å². The van der Waals surface area contributed by atoms with Crippen molar-refractivity contribution in [1.29, 1.82) is 0 Å². The molecule has 4 heteroatoms. The fourth-order valence-corrected chi connectivity index (χ4v) is 2.01. The molecule has 84 valence electrons. The summed E-state index contributed by atoms with van der Waals surface area (Å²) in [6.07, 6.45) is 0.481. The summed E-state index contributed by atoms with van der Waals surface area (Å²) in [5, 5.41) is 12.9. The molecule has 1 atom stereocenters. The van der Waals surface area contributed by atoms with Crippen LogP contribution in [0.4, 0.5) is 4.39 Å². The first kappa shape index (κ1) is 12.6. The van der Waals surface area contributed by atoms with Crippen LogP contribution in [0.5, 0.6) is 0 Å². The normalized spacial score (nSPS) is 15.0. The third kappa shape index (κ3) is 3.89. The van der Waals surface area contributed by atoms with Gasteiger partial charge in [-0.15, -0.1) is 0 Å². The van der Waals surface area contributed by atoms with Gasteiger partial charge >= 0.3 is 0 Å². The van der Waals surface area contributed by atoms with E-state index in [0.717, 1.165) is 5.56 Å². The maximum Gasteiger partial charge on any atom is 0.124 e. The molecule has 0 spiro atoms. The van der Waals surface area contributed by atoms with E-state index in [2.05, 4.69) is 21.2 Å². The summed E-state index contributed by atoms with van der Waals surface area (Å²) in [4.78, 5) is 0. The molecule has 0 aliphatic carbocycles. The molecule has 0 bridgehead atoms. The van der Waals surface area contributed by atoms with Crippen LogP contribution in [-0.4, -0.2) is 24.3 Å². The molecular weight excluding hydrogens is 261 g/mol. The molecule has 0 amide bonds. The first-order valence-electron chi connectivity index (χ1n) is 4.75. The molecule has 1 unspecified atom stereocenters. The van der Waals surface area contributed by atoms with Crippen LogP contribution < -0.4 is 5.32 Å². The summed E-state index contributed by atoms with van der Waals surface area (Å²) in [5.41, 5.74) is 0.0754. The Bertz CT molecular complexity index is 341. The van der Waals surface area contributed by atoms with Crippen molar-refractivity contribution >= 4 is 15.9 Å². The molecule has 0 radical (unpaired) electrons. The average Bonchev–Trinajstić information content (AvgIpc) is 2.09. The van der Waals surface area contributed by atoms with Gasteiger partial charge in [-0.2, -0.15) is 0 Å². The van der Waals surface area contributed by atoms with E-state index < -0.39 is 5.60 Å². The molecule has 1 aromatic rings. The molecule has 0 saturated carbocycles. The zero-order valence-electron chi connectivity index (χ0n) is 8.85. The molecule has 15 heavy (non-hydrogen) atoms. The number of halogens is 2. The van der Waals surface area contributed by atoms with Gasteiger partial charge < -0.3 is 10.4 Å². The lowest BCUT2D eigenvalue weighted by molar-refractivity contribution is 0.0621. The summed E-state index contributed by atoms with van der Waals surface area (Å²) in [5.74, 6) is -0.279. The molecule has 0 heterocycles. The smallest absolute Gasteiger partial charge is 0.124 e. The van der Waals surface area contributed by atoms with Crippen molar-refractivity contribution in [2.75, 3.05) is 13.6 Å². The Balaban J connectivity index is 2.80. The highest BCUT2D eigenvalue weighted by Gasteiger charge is 2.21. The molecule has 1 rings (SSSR count). The van der Waals surface area contributed by atoms with E-state index >= 15 is 0 Å². The lowest BCUT2D eigenvalue weighted by Crippen LogP contribution is -2.38. The van der Waals surface area contributed by atoms with E-state index in [0.29, 0.717) is 17.4 Å². The van der Waals surface area contributed by atoms with Crippen molar-refractivity contribution in [3.8, 4) is 0 Å². The second-order valence-corrected chi connectivity index (χ2v) is 4.79. The van der Waals surface area contributed by atoms with Crippen LogP contribution >= 0.6 is 15.9 Å². The molecule has 2 nitrogen and oxygen atoms in total. The van der Waals surface area contributed by atoms with Crippen LogP contribution in [-0.2, 0) is 6.42 Å². The molecular formula is C11H15BrFNO. The summed E-state index contributed by atoms with van der Waals surface area (Å²) < 4.78 is 13.5. The van der Waals surface area contributed by atoms with Gasteiger partial charge in [0, 0.05) is 17.4 Å². The first-order valence-corrected chi connectivity index (χ1v) is 5.55. The van der Waals surface area contributed by atoms with Gasteiger partial charge in [-0.3, -0.25) is 0 Å². The predicted octanol–water partition coefficient (Wildman–Crippen LogP) is 2.10. The Kier molecular flexibility index (Phi) is 4.25. The Morgan fingerprint density at radius 2 is 2.20 bits per heavy atom. The van der Waals surface area contributed by atoms with Gasteiger partial charge in [-0.1, -0.05) is 22.0 Å². The summed E-state index contributed by atoms with van der Waals surface area (Å²) in [6, 6.07) is 4.49. The average molecular weight is 276 g/mol. The number of aliphatic hydroxyl groups is 1.